The Morgan fingerprint density at radius 1 is 1.31 bits per heavy atom. The summed E-state index contributed by atoms with van der Waals surface area (Å²) in [6.07, 6.45) is 0.303. The molecule has 4 heteroatoms. The average Bonchev–Trinajstić information content (AvgIpc) is 2.53. The summed E-state index contributed by atoms with van der Waals surface area (Å²) in [7, 11) is 0. The van der Waals surface area contributed by atoms with Crippen LogP contribution >= 0.6 is 0 Å². The van der Waals surface area contributed by atoms with Gasteiger partial charge < -0.3 is 4.74 Å². The minimum atomic E-state index is -1.38. The highest BCUT2D eigenvalue weighted by molar-refractivity contribution is 6.70. The molecule has 2 rings (SSSR count). The molecule has 2 aliphatic rings. The fourth-order valence-electron chi connectivity index (χ4n) is 2.26. The number of cyclic esters (lactones) is 1. The first-order valence-corrected chi connectivity index (χ1v) is 4.37. The average molecular weight is 182 g/mol. The van der Waals surface area contributed by atoms with E-state index in [0.717, 1.165) is 0 Å². The molecule has 0 amide bonds. The van der Waals surface area contributed by atoms with Crippen LogP contribution in [0.15, 0.2) is 0 Å². The molecule has 2 unspecified atom stereocenters. The highest BCUT2D eigenvalue weighted by Crippen LogP contribution is 2.53. The van der Waals surface area contributed by atoms with Gasteiger partial charge in [0.15, 0.2) is 0 Å². The third kappa shape index (κ3) is 0.692. The second kappa shape index (κ2) is 2.19. The normalized spacial score (nSPS) is 35.4. The Hall–Kier alpha value is -1.19. The third-order valence-corrected chi connectivity index (χ3v) is 3.04. The number of esters is 1. The van der Waals surface area contributed by atoms with Crippen molar-refractivity contribution in [2.24, 2.45) is 11.3 Å². The number of hydrogen-bond acceptors (Lipinski definition) is 4. The van der Waals surface area contributed by atoms with Gasteiger partial charge in [-0.1, -0.05) is 6.92 Å². The molecule has 70 valence electrons. The number of carbonyl (C=O) groups excluding carboxylic acids is 3. The summed E-state index contributed by atoms with van der Waals surface area (Å²) in [6, 6.07) is 0. The molecule has 1 aliphatic heterocycles. The van der Waals surface area contributed by atoms with Crippen molar-refractivity contribution in [2.45, 2.75) is 26.4 Å². The second-order valence-electron chi connectivity index (χ2n) is 3.59. The van der Waals surface area contributed by atoms with E-state index in [4.69, 9.17) is 4.74 Å². The molecular formula is C9H10O4. The van der Waals surface area contributed by atoms with Crippen LogP contribution in [0.5, 0.6) is 0 Å². The van der Waals surface area contributed by atoms with Crippen molar-refractivity contribution >= 4 is 17.5 Å². The van der Waals surface area contributed by atoms with E-state index in [9.17, 15) is 14.4 Å². The highest BCUT2D eigenvalue weighted by atomic mass is 16.6. The summed E-state index contributed by atoms with van der Waals surface area (Å²) in [5.41, 5.74) is -1.38. The van der Waals surface area contributed by atoms with Gasteiger partial charge in [-0.05, 0) is 13.3 Å². The van der Waals surface area contributed by atoms with E-state index in [1.807, 2.05) is 6.92 Å². The van der Waals surface area contributed by atoms with Crippen LogP contribution in [0.1, 0.15) is 20.3 Å². The minimum absolute atomic E-state index is 0.250. The lowest BCUT2D eigenvalue weighted by Gasteiger charge is -2.11. The van der Waals surface area contributed by atoms with Crippen molar-refractivity contribution in [3.8, 4) is 0 Å². The van der Waals surface area contributed by atoms with Crippen molar-refractivity contribution < 1.29 is 19.1 Å². The molecule has 1 saturated carbocycles. The molecule has 0 bridgehead atoms. The predicted octanol–water partition coefficient (Wildman–Crippen LogP) is 0.0961. The van der Waals surface area contributed by atoms with Crippen molar-refractivity contribution in [3.05, 3.63) is 0 Å². The molecule has 0 radical (unpaired) electrons. The molecule has 13 heavy (non-hydrogen) atoms. The van der Waals surface area contributed by atoms with Crippen molar-refractivity contribution in [3.63, 3.8) is 0 Å². The van der Waals surface area contributed by atoms with E-state index in [1.165, 1.54) is 0 Å². The quantitative estimate of drug-likeness (QED) is 0.328. The van der Waals surface area contributed by atoms with Gasteiger partial charge in [-0.15, -0.1) is 0 Å². The number of rotatable bonds is 1. The number of ether oxygens (including phenoxy) is 1. The zero-order valence-electron chi connectivity index (χ0n) is 7.49. The SMILES string of the molecule is CCC1C(C)OC(=O)C12C(=O)C2=O. The first kappa shape index (κ1) is 8.41. The first-order valence-electron chi connectivity index (χ1n) is 4.37. The molecule has 0 aromatic rings. The van der Waals surface area contributed by atoms with E-state index >= 15 is 0 Å². The second-order valence-corrected chi connectivity index (χ2v) is 3.59. The van der Waals surface area contributed by atoms with Gasteiger partial charge in [0.2, 0.25) is 17.0 Å². The number of hydrogen-bond donors (Lipinski definition) is 0. The van der Waals surface area contributed by atoms with Gasteiger partial charge in [0.1, 0.15) is 6.10 Å². The molecular weight excluding hydrogens is 172 g/mol. The number of Topliss-reactive ketones (excluding diaryl/α,β-unsaturated/α-hetero) is 2. The van der Waals surface area contributed by atoms with Crippen molar-refractivity contribution in [1.29, 1.82) is 0 Å². The monoisotopic (exact) mass is 182 g/mol. The Bertz CT molecular complexity index is 304. The first-order chi connectivity index (χ1) is 6.06. The Morgan fingerprint density at radius 2 is 1.85 bits per heavy atom. The molecule has 1 aliphatic carbocycles. The fourth-order valence-corrected chi connectivity index (χ4v) is 2.26. The molecule has 2 fully saturated rings. The number of carbonyl (C=O) groups is 3. The molecule has 2 atom stereocenters. The lowest BCUT2D eigenvalue weighted by molar-refractivity contribution is -0.146. The van der Waals surface area contributed by atoms with Crippen LogP contribution in [0, 0.1) is 11.3 Å². The number of ketones is 2. The lowest BCUT2D eigenvalue weighted by atomic mass is 9.85. The summed E-state index contributed by atoms with van der Waals surface area (Å²) in [4.78, 5) is 33.5. The van der Waals surface area contributed by atoms with E-state index in [2.05, 4.69) is 0 Å². The molecule has 1 saturated heterocycles. The molecule has 0 aromatic heterocycles. The summed E-state index contributed by atoms with van der Waals surface area (Å²) in [5, 5.41) is 0. The van der Waals surface area contributed by atoms with Crippen LogP contribution in [0.2, 0.25) is 0 Å². The van der Waals surface area contributed by atoms with E-state index < -0.39 is 23.0 Å². The molecule has 1 heterocycles. The van der Waals surface area contributed by atoms with E-state index in [0.29, 0.717) is 6.42 Å². The maximum Gasteiger partial charge on any atom is 0.329 e. The van der Waals surface area contributed by atoms with Gasteiger partial charge in [-0.3, -0.25) is 14.4 Å². The maximum absolute atomic E-state index is 11.3. The van der Waals surface area contributed by atoms with Gasteiger partial charge in [0.25, 0.3) is 0 Å². The predicted molar refractivity (Wildman–Crippen MR) is 41.8 cm³/mol. The standard InChI is InChI=1S/C9H10O4/c1-3-5-4(2)13-8(12)9(5)6(10)7(9)11/h4-5H,3H2,1-2H3. The maximum atomic E-state index is 11.3. The van der Waals surface area contributed by atoms with Crippen molar-refractivity contribution in [1.82, 2.24) is 0 Å². The highest BCUT2D eigenvalue weighted by Gasteiger charge is 2.79. The van der Waals surface area contributed by atoms with Crippen LogP contribution in [-0.4, -0.2) is 23.6 Å². The van der Waals surface area contributed by atoms with Crippen LogP contribution in [0.25, 0.3) is 0 Å². The molecule has 4 nitrogen and oxygen atoms in total. The smallest absolute Gasteiger partial charge is 0.329 e. The fraction of sp³-hybridized carbons (Fsp3) is 0.667. The third-order valence-electron chi connectivity index (χ3n) is 3.04. The van der Waals surface area contributed by atoms with Gasteiger partial charge in [0, 0.05) is 5.92 Å². The summed E-state index contributed by atoms with van der Waals surface area (Å²) < 4.78 is 4.90. The Labute approximate surface area is 75.2 Å². The Balaban J connectivity index is 2.43. The van der Waals surface area contributed by atoms with Gasteiger partial charge in [-0.2, -0.15) is 0 Å². The van der Waals surface area contributed by atoms with Crippen LogP contribution in [0.3, 0.4) is 0 Å². The van der Waals surface area contributed by atoms with E-state index in [-0.39, 0.29) is 12.0 Å². The van der Waals surface area contributed by atoms with Crippen molar-refractivity contribution in [2.75, 3.05) is 0 Å². The molecule has 0 aromatic carbocycles. The zero-order valence-corrected chi connectivity index (χ0v) is 7.49. The minimum Gasteiger partial charge on any atom is -0.461 e. The summed E-state index contributed by atoms with van der Waals surface area (Å²) in [6.45, 7) is 3.57. The van der Waals surface area contributed by atoms with Gasteiger partial charge >= 0.3 is 5.97 Å². The van der Waals surface area contributed by atoms with Crippen LogP contribution < -0.4 is 0 Å². The van der Waals surface area contributed by atoms with Gasteiger partial charge in [0.05, 0.1) is 0 Å². The Kier molecular flexibility index (Phi) is 1.41. The lowest BCUT2D eigenvalue weighted by Crippen LogP contribution is -2.23. The largest absolute Gasteiger partial charge is 0.461 e. The molecule has 0 N–H and O–H groups in total. The van der Waals surface area contributed by atoms with Crippen LogP contribution in [-0.2, 0) is 19.1 Å². The zero-order chi connectivity index (χ0) is 9.80. The topological polar surface area (TPSA) is 60.4 Å². The van der Waals surface area contributed by atoms with Gasteiger partial charge in [-0.25, -0.2) is 0 Å². The summed E-state index contributed by atoms with van der Waals surface area (Å²) in [5.74, 6) is -2.01. The molecule has 1 spiro atoms. The Morgan fingerprint density at radius 3 is 2.15 bits per heavy atom. The summed E-state index contributed by atoms with van der Waals surface area (Å²) >= 11 is 0. The van der Waals surface area contributed by atoms with Crippen LogP contribution in [0.4, 0.5) is 0 Å². The van der Waals surface area contributed by atoms with E-state index in [1.54, 1.807) is 6.92 Å².